The maximum atomic E-state index is 15.4. The lowest BCUT2D eigenvalue weighted by Gasteiger charge is -2.37. The molecule has 0 saturated carbocycles. The van der Waals surface area contributed by atoms with Gasteiger partial charge < -0.3 is 24.5 Å². The molecule has 0 aromatic heterocycles. The summed E-state index contributed by atoms with van der Waals surface area (Å²) >= 11 is 0. The van der Waals surface area contributed by atoms with E-state index in [0.717, 1.165) is 13.1 Å². The average Bonchev–Trinajstić information content (AvgIpc) is 3.22. The van der Waals surface area contributed by atoms with E-state index in [2.05, 4.69) is 10.2 Å². The van der Waals surface area contributed by atoms with Gasteiger partial charge in [0.05, 0.1) is 30.5 Å². The van der Waals surface area contributed by atoms with Crippen molar-refractivity contribution in [1.29, 1.82) is 0 Å². The van der Waals surface area contributed by atoms with Crippen LogP contribution in [0.2, 0.25) is 0 Å². The summed E-state index contributed by atoms with van der Waals surface area (Å²) in [6, 6.07) is 5.24. The Morgan fingerprint density at radius 1 is 1.28 bits per heavy atom. The molecule has 2 radical (unpaired) electrons. The van der Waals surface area contributed by atoms with Gasteiger partial charge >= 0.3 is 0 Å². The Morgan fingerprint density at radius 3 is 2.62 bits per heavy atom. The fraction of sp³-hybridized carbons (Fsp3) is 0.483. The van der Waals surface area contributed by atoms with Crippen molar-refractivity contribution in [2.75, 3.05) is 26.7 Å². The van der Waals surface area contributed by atoms with Crippen LogP contribution < -0.4 is 5.32 Å². The molecule has 3 atom stereocenters. The highest BCUT2D eigenvalue weighted by atomic mass is 19.1. The number of benzene rings is 1. The summed E-state index contributed by atoms with van der Waals surface area (Å²) in [5.41, 5.74) is 0.0585. The minimum absolute atomic E-state index is 0.000912. The second-order valence-electron chi connectivity index (χ2n) is 10.0. The van der Waals surface area contributed by atoms with Gasteiger partial charge in [-0.25, -0.2) is 4.39 Å². The van der Waals surface area contributed by atoms with E-state index in [9.17, 15) is 14.4 Å². The fourth-order valence-electron chi connectivity index (χ4n) is 5.02. The van der Waals surface area contributed by atoms with Crippen molar-refractivity contribution >= 4 is 25.9 Å². The van der Waals surface area contributed by atoms with Crippen molar-refractivity contribution in [3.8, 4) is 0 Å². The van der Waals surface area contributed by atoms with Crippen LogP contribution >= 0.6 is 0 Å². The number of amides is 2. The predicted molar refractivity (Wildman–Crippen MR) is 147 cm³/mol. The lowest BCUT2D eigenvalue weighted by Crippen LogP contribution is -2.59. The number of allylic oxidation sites excluding steroid dienone is 3. The van der Waals surface area contributed by atoms with E-state index in [0.29, 0.717) is 35.1 Å². The van der Waals surface area contributed by atoms with Gasteiger partial charge in [-0.05, 0) is 33.3 Å². The summed E-state index contributed by atoms with van der Waals surface area (Å²) in [5, 5.41) is 2.48. The van der Waals surface area contributed by atoms with Crippen LogP contribution in [0.15, 0.2) is 53.8 Å². The molecule has 2 aliphatic heterocycles. The number of nitrogens with one attached hydrogen (secondary N) is 1. The van der Waals surface area contributed by atoms with Crippen molar-refractivity contribution in [2.24, 2.45) is 0 Å². The normalized spacial score (nSPS) is 23.9. The molecule has 208 valence electrons. The van der Waals surface area contributed by atoms with Gasteiger partial charge in [0.2, 0.25) is 5.91 Å². The standard InChI is InChI=1S/C29H37BFN3O5/c1-5-6-11-25-24(17-34(27(25)36)29(30,12-8-13-35)28(37)32-4)19-38-18-23-10-7-9-22(26(23)31)16-33-14-20(2)39-21(3)15-33/h5-7,9-11,13,19-21H,8,12,14-18H2,1-4H3,(H,32,37)/b6-5-,24-19+,25-11+. The Hall–Kier alpha value is -3.24. The van der Waals surface area contributed by atoms with Gasteiger partial charge in [-0.3, -0.25) is 14.5 Å². The highest BCUT2D eigenvalue weighted by Crippen LogP contribution is 2.32. The minimum Gasteiger partial charge on any atom is -0.496 e. The van der Waals surface area contributed by atoms with Crippen molar-refractivity contribution in [1.82, 2.24) is 15.1 Å². The molecule has 3 unspecified atom stereocenters. The molecule has 0 bridgehead atoms. The van der Waals surface area contributed by atoms with E-state index in [1.807, 2.05) is 20.8 Å². The Labute approximate surface area is 231 Å². The van der Waals surface area contributed by atoms with E-state index < -0.39 is 17.3 Å². The Bertz CT molecular complexity index is 1140. The molecule has 39 heavy (non-hydrogen) atoms. The average molecular weight is 537 g/mol. The maximum absolute atomic E-state index is 15.4. The number of carbonyl (C=O) groups excluding carboxylic acids is 3. The number of aldehydes is 1. The molecule has 3 rings (SSSR count). The third kappa shape index (κ3) is 7.25. The van der Waals surface area contributed by atoms with E-state index in [4.69, 9.17) is 17.3 Å². The molecule has 8 nitrogen and oxygen atoms in total. The van der Waals surface area contributed by atoms with Crippen LogP contribution in [-0.2, 0) is 37.0 Å². The first-order valence-electron chi connectivity index (χ1n) is 13.2. The summed E-state index contributed by atoms with van der Waals surface area (Å²) in [7, 11) is 7.82. The molecule has 2 aliphatic rings. The van der Waals surface area contributed by atoms with Gasteiger partial charge in [0.25, 0.3) is 5.91 Å². The first-order chi connectivity index (χ1) is 18.6. The topological polar surface area (TPSA) is 88.2 Å². The van der Waals surface area contributed by atoms with Gasteiger partial charge in [0, 0.05) is 55.4 Å². The molecule has 2 saturated heterocycles. The number of hydrogen-bond donors (Lipinski definition) is 1. The largest absolute Gasteiger partial charge is 0.496 e. The molecule has 2 amide bonds. The smallest absolute Gasteiger partial charge is 0.254 e. The van der Waals surface area contributed by atoms with Crippen LogP contribution in [0.25, 0.3) is 0 Å². The van der Waals surface area contributed by atoms with E-state index in [1.165, 1.54) is 18.2 Å². The third-order valence-corrected chi connectivity index (χ3v) is 6.86. The number of ether oxygens (including phenoxy) is 2. The fourth-order valence-corrected chi connectivity index (χ4v) is 5.02. The van der Waals surface area contributed by atoms with E-state index >= 15 is 4.39 Å². The number of carbonyl (C=O) groups is 3. The van der Waals surface area contributed by atoms with Crippen molar-refractivity contribution in [3.05, 3.63) is 70.8 Å². The molecule has 2 heterocycles. The molecule has 1 N–H and O–H groups in total. The zero-order chi connectivity index (χ0) is 28.6. The summed E-state index contributed by atoms with van der Waals surface area (Å²) < 4.78 is 26.9. The monoisotopic (exact) mass is 537 g/mol. The summed E-state index contributed by atoms with van der Waals surface area (Å²) in [6.07, 6.45) is 7.29. The first-order valence-corrected chi connectivity index (χ1v) is 13.2. The lowest BCUT2D eigenvalue weighted by atomic mass is 9.71. The number of likely N-dealkylation sites (N-methyl/N-ethyl adjacent to an activating group) is 1. The Kier molecular flexibility index (Phi) is 10.7. The third-order valence-electron chi connectivity index (χ3n) is 6.86. The van der Waals surface area contributed by atoms with Crippen molar-refractivity contribution < 1.29 is 28.2 Å². The molecule has 2 fully saturated rings. The highest BCUT2D eigenvalue weighted by molar-refractivity contribution is 6.30. The lowest BCUT2D eigenvalue weighted by molar-refractivity contribution is -0.138. The second-order valence-corrected chi connectivity index (χ2v) is 10.0. The molecule has 1 aromatic rings. The number of likely N-dealkylation sites (tertiary alicyclic amines) is 1. The Morgan fingerprint density at radius 2 is 1.97 bits per heavy atom. The van der Waals surface area contributed by atoms with Crippen LogP contribution in [0.1, 0.15) is 44.7 Å². The van der Waals surface area contributed by atoms with E-state index in [1.54, 1.807) is 36.4 Å². The first kappa shape index (κ1) is 30.3. The molecule has 0 spiro atoms. The van der Waals surface area contributed by atoms with Crippen LogP contribution in [0, 0.1) is 5.82 Å². The minimum atomic E-state index is -1.72. The maximum Gasteiger partial charge on any atom is 0.254 e. The molecule has 10 heteroatoms. The van der Waals surface area contributed by atoms with Crippen molar-refractivity contribution in [2.45, 2.75) is 64.4 Å². The summed E-state index contributed by atoms with van der Waals surface area (Å²) in [6.45, 7) is 7.72. The van der Waals surface area contributed by atoms with E-state index in [-0.39, 0.29) is 44.0 Å². The molecular formula is C29H37BFN3O5. The van der Waals surface area contributed by atoms with Crippen LogP contribution in [0.3, 0.4) is 0 Å². The van der Waals surface area contributed by atoms with Gasteiger partial charge in [0.1, 0.15) is 26.6 Å². The van der Waals surface area contributed by atoms with Gasteiger partial charge in [0.15, 0.2) is 0 Å². The zero-order valence-electron chi connectivity index (χ0n) is 23.1. The van der Waals surface area contributed by atoms with Crippen LogP contribution in [0.5, 0.6) is 0 Å². The Balaban J connectivity index is 1.79. The number of halogens is 1. The van der Waals surface area contributed by atoms with Gasteiger partial charge in [-0.1, -0.05) is 30.4 Å². The number of nitrogens with zero attached hydrogens (tertiary/aromatic N) is 2. The molecule has 0 aliphatic carbocycles. The van der Waals surface area contributed by atoms with Crippen LogP contribution in [-0.4, -0.2) is 80.1 Å². The number of hydrogen-bond acceptors (Lipinski definition) is 6. The molecular weight excluding hydrogens is 500 g/mol. The molecule has 1 aromatic carbocycles. The SMILES string of the molecule is [B]C(CCC=O)(C(=O)NC)N1CC(=C\OCc2cccc(CN3CC(C)OC(C)C3)c2F)/C(=C\C=C/C)C1=O. The number of morpholine rings is 1. The second kappa shape index (κ2) is 13.7. The summed E-state index contributed by atoms with van der Waals surface area (Å²) in [4.78, 5) is 40.4. The number of rotatable bonds is 11. The highest BCUT2D eigenvalue weighted by Gasteiger charge is 2.45. The summed E-state index contributed by atoms with van der Waals surface area (Å²) in [5.74, 6) is -1.36. The van der Waals surface area contributed by atoms with Gasteiger partial charge in [-0.15, -0.1) is 0 Å². The van der Waals surface area contributed by atoms with Crippen molar-refractivity contribution in [3.63, 3.8) is 0 Å². The quantitative estimate of drug-likeness (QED) is 0.202. The van der Waals surface area contributed by atoms with Crippen LogP contribution in [0.4, 0.5) is 4.39 Å². The predicted octanol–water partition coefficient (Wildman–Crippen LogP) is 2.77. The zero-order valence-corrected chi connectivity index (χ0v) is 23.1. The van der Waals surface area contributed by atoms with Gasteiger partial charge in [-0.2, -0.15) is 0 Å².